The zero-order valence-corrected chi connectivity index (χ0v) is 33.3. The molecule has 0 saturated carbocycles. The second-order valence-corrected chi connectivity index (χ2v) is 21.7. The maximum Gasteiger partial charge on any atom is 0.145 e. The minimum absolute atomic E-state index is 0.153. The van der Waals surface area contributed by atoms with E-state index >= 15 is 0 Å². The molecule has 10 bridgehead atoms. The largest absolute Gasteiger partial charge is 0.457 e. The van der Waals surface area contributed by atoms with Gasteiger partial charge in [0.25, 0.3) is 0 Å². The molecule has 5 aromatic carbocycles. The first-order valence-corrected chi connectivity index (χ1v) is 22.7. The van der Waals surface area contributed by atoms with E-state index in [0.717, 1.165) is 70.4 Å². The Kier molecular flexibility index (Phi) is 6.67. The smallest absolute Gasteiger partial charge is 0.145 e. The van der Waals surface area contributed by atoms with Crippen molar-refractivity contribution in [2.75, 3.05) is 0 Å². The van der Waals surface area contributed by atoms with Gasteiger partial charge < -0.3 is 9.47 Å². The first-order chi connectivity index (χ1) is 26.5. The Labute approximate surface area is 322 Å². The molecule has 3 aliphatic rings. The Morgan fingerprint density at radius 1 is 0.673 bits per heavy atom. The predicted octanol–water partition coefficient (Wildman–Crippen LogP) is 10.2. The van der Waals surface area contributed by atoms with Crippen LogP contribution in [0, 0.1) is 0 Å². The first kappa shape index (κ1) is 32.7. The number of nitrogens with zero attached hydrogens (tertiary/aromatic N) is 4. The van der Waals surface area contributed by atoms with Gasteiger partial charge in [0, 0.05) is 45.8 Å². The monoisotopic (exact) mass is 736 g/mol. The maximum absolute atomic E-state index is 7.19. The van der Waals surface area contributed by atoms with Crippen molar-refractivity contribution >= 4 is 45.8 Å². The molecule has 272 valence electrons. The number of aromatic nitrogens is 4. The van der Waals surface area contributed by atoms with E-state index < -0.39 is 8.07 Å². The van der Waals surface area contributed by atoms with Gasteiger partial charge in [-0.2, -0.15) is 5.10 Å². The number of hydrogen-bond acceptors (Lipinski definition) is 4. The van der Waals surface area contributed by atoms with Crippen LogP contribution >= 0.6 is 0 Å². The molecule has 0 N–H and O–H groups in total. The SMILES string of the molecule is CC1(C)c2cccc3c4ccc5cc4c4nc(c(n4c23)C1(C)C)Cc1cccc2c1Oc1c(cccc1[Si]2(C)C)CCCc1ccn(n1)-c1cccc(c1)O5. The third kappa shape index (κ3) is 4.53. The number of benzene rings is 5. The Hall–Kier alpha value is -5.66. The number of hydrogen-bond donors (Lipinski definition) is 0. The van der Waals surface area contributed by atoms with Gasteiger partial charge in [0.15, 0.2) is 0 Å². The molecule has 0 aliphatic carbocycles. The summed E-state index contributed by atoms with van der Waals surface area (Å²) in [6, 6.07) is 37.3. The van der Waals surface area contributed by atoms with Gasteiger partial charge in [-0.25, -0.2) is 9.67 Å². The lowest BCUT2D eigenvalue weighted by Crippen LogP contribution is -2.56. The van der Waals surface area contributed by atoms with Crippen molar-refractivity contribution in [3.8, 4) is 28.7 Å². The topological polar surface area (TPSA) is 53.6 Å². The molecular formula is C48H44N4O2Si. The number of ether oxygens (including phenoxy) is 2. The van der Waals surface area contributed by atoms with Crippen LogP contribution in [0.25, 0.3) is 33.0 Å². The molecule has 0 spiro atoms. The fourth-order valence-corrected chi connectivity index (χ4v) is 12.7. The summed E-state index contributed by atoms with van der Waals surface area (Å²) >= 11 is 0. The number of fused-ring (bicyclic) bond motifs is 9. The van der Waals surface area contributed by atoms with E-state index in [4.69, 9.17) is 19.6 Å². The standard InChI is InChI=1S/C48H44N4O2Si/c1-47(2)38-19-11-18-36-35-23-22-34-28-37(35)46-49-39(45(48(47,3)4)52(46)42(36)38)26-30-14-9-21-41-44(30)54-43-29(13-8-20-40(43)55(41,5)6)12-7-15-31-24-25-51(50-31)32-16-10-17-33(27-32)53-34/h8-11,13-14,16-25,27-28H,7,12,15,26H2,1-6H3. The fraction of sp³-hybridized carbons (Fsp3) is 0.250. The zero-order valence-electron chi connectivity index (χ0n) is 32.3. The van der Waals surface area contributed by atoms with Crippen LogP contribution in [0.5, 0.6) is 23.0 Å². The molecule has 7 heteroatoms. The normalized spacial score (nSPS) is 17.3. The van der Waals surface area contributed by atoms with Crippen LogP contribution in [-0.2, 0) is 30.1 Å². The van der Waals surface area contributed by atoms with Gasteiger partial charge >= 0.3 is 0 Å². The minimum atomic E-state index is -2.10. The average molecular weight is 737 g/mol. The molecule has 11 rings (SSSR count). The second kappa shape index (κ2) is 11.2. The molecule has 55 heavy (non-hydrogen) atoms. The van der Waals surface area contributed by atoms with E-state index in [1.807, 2.05) is 16.8 Å². The summed E-state index contributed by atoms with van der Waals surface area (Å²) in [4.78, 5) is 5.68. The zero-order chi connectivity index (χ0) is 37.4. The highest BCUT2D eigenvalue weighted by molar-refractivity contribution is 7.01. The van der Waals surface area contributed by atoms with E-state index in [2.05, 4.69) is 142 Å². The summed E-state index contributed by atoms with van der Waals surface area (Å²) in [7, 11) is -2.10. The second-order valence-electron chi connectivity index (χ2n) is 17.4. The van der Waals surface area contributed by atoms with Gasteiger partial charge in [-0.15, -0.1) is 0 Å². The highest BCUT2D eigenvalue weighted by atomic mass is 28.3. The van der Waals surface area contributed by atoms with Crippen molar-refractivity contribution in [2.24, 2.45) is 0 Å². The highest BCUT2D eigenvalue weighted by Gasteiger charge is 2.48. The molecule has 0 atom stereocenters. The van der Waals surface area contributed by atoms with Crippen LogP contribution in [0.4, 0.5) is 0 Å². The number of rotatable bonds is 0. The molecule has 6 nitrogen and oxygen atoms in total. The van der Waals surface area contributed by atoms with Crippen LogP contribution in [-0.4, -0.2) is 27.2 Å². The molecule has 0 saturated heterocycles. The van der Waals surface area contributed by atoms with Crippen molar-refractivity contribution in [1.29, 1.82) is 0 Å². The van der Waals surface area contributed by atoms with Gasteiger partial charge in [-0.05, 0) is 82.5 Å². The number of pyridine rings is 1. The van der Waals surface area contributed by atoms with E-state index in [0.29, 0.717) is 6.42 Å². The van der Waals surface area contributed by atoms with Crippen LogP contribution < -0.4 is 19.8 Å². The van der Waals surface area contributed by atoms with Gasteiger partial charge in [0.05, 0.1) is 28.3 Å². The average Bonchev–Trinajstić information content (AvgIpc) is 3.80. The Balaban J connectivity index is 1.19. The minimum Gasteiger partial charge on any atom is -0.457 e. The fourth-order valence-electron chi connectivity index (χ4n) is 9.86. The van der Waals surface area contributed by atoms with Gasteiger partial charge in [-0.3, -0.25) is 4.40 Å². The molecule has 8 aromatic rings. The summed E-state index contributed by atoms with van der Waals surface area (Å²) in [5.41, 5.74) is 10.1. The molecule has 0 radical (unpaired) electrons. The Bertz CT molecular complexity index is 2930. The summed E-state index contributed by atoms with van der Waals surface area (Å²) in [5, 5.41) is 11.2. The van der Waals surface area contributed by atoms with E-state index in [1.54, 1.807) is 0 Å². The number of imidazole rings is 1. The molecule has 3 aromatic heterocycles. The highest BCUT2D eigenvalue weighted by Crippen LogP contribution is 2.53. The van der Waals surface area contributed by atoms with E-state index in [-0.39, 0.29) is 10.8 Å². The molecule has 3 aliphatic heterocycles. The first-order valence-electron chi connectivity index (χ1n) is 19.7. The quantitative estimate of drug-likeness (QED) is 0.115. The summed E-state index contributed by atoms with van der Waals surface area (Å²) < 4.78 is 18.3. The third-order valence-corrected chi connectivity index (χ3v) is 17.0. The van der Waals surface area contributed by atoms with Gasteiger partial charge in [-0.1, -0.05) is 101 Å². The van der Waals surface area contributed by atoms with Gasteiger partial charge in [0.1, 0.15) is 36.7 Å². The summed E-state index contributed by atoms with van der Waals surface area (Å²) in [6.07, 6.45) is 5.51. The van der Waals surface area contributed by atoms with Crippen LogP contribution in [0.15, 0.2) is 109 Å². The van der Waals surface area contributed by atoms with Crippen molar-refractivity contribution in [2.45, 2.75) is 77.3 Å². The third-order valence-electron chi connectivity index (χ3n) is 13.5. The van der Waals surface area contributed by atoms with Gasteiger partial charge in [0.2, 0.25) is 0 Å². The van der Waals surface area contributed by atoms with Crippen molar-refractivity contribution in [3.05, 3.63) is 143 Å². The lowest BCUT2D eigenvalue weighted by atomic mass is 9.60. The predicted molar refractivity (Wildman–Crippen MR) is 224 cm³/mol. The Morgan fingerprint density at radius 3 is 2.25 bits per heavy atom. The number of para-hydroxylation sites is 3. The maximum atomic E-state index is 7.19. The van der Waals surface area contributed by atoms with E-state index in [9.17, 15) is 0 Å². The summed E-state index contributed by atoms with van der Waals surface area (Å²) in [6.45, 7) is 14.6. The van der Waals surface area contributed by atoms with E-state index in [1.165, 1.54) is 49.0 Å². The van der Waals surface area contributed by atoms with Crippen molar-refractivity contribution in [1.82, 2.24) is 19.2 Å². The molecule has 6 heterocycles. The lowest BCUT2D eigenvalue weighted by Gasteiger charge is -2.46. The molecule has 0 amide bonds. The Morgan fingerprint density at radius 2 is 1.42 bits per heavy atom. The van der Waals surface area contributed by atoms with Crippen molar-refractivity contribution < 1.29 is 9.47 Å². The van der Waals surface area contributed by atoms with Crippen LogP contribution in [0.2, 0.25) is 13.1 Å². The molecule has 0 fully saturated rings. The molecule has 0 unspecified atom stereocenters. The van der Waals surface area contributed by atoms with Crippen molar-refractivity contribution in [3.63, 3.8) is 0 Å². The molecular weight excluding hydrogens is 693 g/mol. The lowest BCUT2D eigenvalue weighted by molar-refractivity contribution is 0.286. The summed E-state index contributed by atoms with van der Waals surface area (Å²) in [5.74, 6) is 3.64. The van der Waals surface area contributed by atoms with Crippen LogP contribution in [0.3, 0.4) is 0 Å². The number of aryl methyl sites for hydroxylation is 2. The van der Waals surface area contributed by atoms with Crippen LogP contribution in [0.1, 0.15) is 67.9 Å².